The summed E-state index contributed by atoms with van der Waals surface area (Å²) < 4.78 is 17.2. The van der Waals surface area contributed by atoms with Crippen molar-refractivity contribution in [1.82, 2.24) is 0 Å². The normalized spacial score (nSPS) is 12.4. The van der Waals surface area contributed by atoms with Crippen LogP contribution in [0, 0.1) is 0 Å². The number of hydrogen-bond donors (Lipinski definition) is 0. The standard InChI is InChI=1S/C47H86O5/c1-4-7-10-13-16-18-20-21-22-23-24-25-26-27-29-30-32-34-37-40-46(48)51-44-45(43-50-42-39-36-15-12-9-6-3)52-47(49)41-38-35-33-31-28-19-17-14-11-8-5-2/h16,18,21-22,24-25,45H,4-15,17,19-20,23,26-44H2,1-3H3/b18-16-,22-21-,25-24-. The summed E-state index contributed by atoms with van der Waals surface area (Å²) in [5.41, 5.74) is 0. The van der Waals surface area contributed by atoms with E-state index >= 15 is 0 Å². The molecule has 0 aromatic rings. The van der Waals surface area contributed by atoms with Crippen molar-refractivity contribution >= 4 is 11.9 Å². The van der Waals surface area contributed by atoms with Crippen molar-refractivity contribution in [3.8, 4) is 0 Å². The van der Waals surface area contributed by atoms with E-state index in [-0.39, 0.29) is 25.2 Å². The molecule has 0 aromatic heterocycles. The zero-order chi connectivity index (χ0) is 37.8. The van der Waals surface area contributed by atoms with Crippen LogP contribution >= 0.6 is 0 Å². The third kappa shape index (κ3) is 40.9. The molecule has 0 fully saturated rings. The summed E-state index contributed by atoms with van der Waals surface area (Å²) in [7, 11) is 0. The van der Waals surface area contributed by atoms with Crippen LogP contribution in [-0.4, -0.2) is 37.9 Å². The van der Waals surface area contributed by atoms with Gasteiger partial charge in [0.1, 0.15) is 6.61 Å². The van der Waals surface area contributed by atoms with E-state index < -0.39 is 6.10 Å². The molecular weight excluding hydrogens is 645 g/mol. The van der Waals surface area contributed by atoms with Gasteiger partial charge in [0.2, 0.25) is 0 Å². The summed E-state index contributed by atoms with van der Waals surface area (Å²) in [5, 5.41) is 0. The minimum absolute atomic E-state index is 0.0822. The monoisotopic (exact) mass is 731 g/mol. The van der Waals surface area contributed by atoms with Gasteiger partial charge in [0, 0.05) is 19.4 Å². The molecule has 0 aromatic carbocycles. The molecule has 0 spiro atoms. The molecule has 0 radical (unpaired) electrons. The van der Waals surface area contributed by atoms with Crippen LogP contribution in [0.1, 0.15) is 226 Å². The highest BCUT2D eigenvalue weighted by atomic mass is 16.6. The van der Waals surface area contributed by atoms with Gasteiger partial charge in [-0.1, -0.05) is 192 Å². The van der Waals surface area contributed by atoms with Crippen molar-refractivity contribution in [2.24, 2.45) is 0 Å². The molecule has 1 unspecified atom stereocenters. The van der Waals surface area contributed by atoms with E-state index in [1.807, 2.05) is 0 Å². The van der Waals surface area contributed by atoms with E-state index in [4.69, 9.17) is 14.2 Å². The molecule has 0 saturated heterocycles. The van der Waals surface area contributed by atoms with E-state index in [0.717, 1.165) is 64.2 Å². The van der Waals surface area contributed by atoms with Crippen LogP contribution in [0.5, 0.6) is 0 Å². The Morgan fingerprint density at radius 2 is 0.808 bits per heavy atom. The van der Waals surface area contributed by atoms with Crippen LogP contribution in [0.25, 0.3) is 0 Å². The summed E-state index contributed by atoms with van der Waals surface area (Å²) in [6.07, 6.45) is 50.0. The number of ether oxygens (including phenoxy) is 3. The first-order valence-corrected chi connectivity index (χ1v) is 22.5. The fourth-order valence-corrected chi connectivity index (χ4v) is 6.28. The molecule has 0 bridgehead atoms. The molecule has 0 aliphatic rings. The fraction of sp³-hybridized carbons (Fsp3) is 0.830. The summed E-state index contributed by atoms with van der Waals surface area (Å²) >= 11 is 0. The second kappa shape index (κ2) is 43.5. The Bertz CT molecular complexity index is 832. The average Bonchev–Trinajstić information content (AvgIpc) is 3.14. The molecular formula is C47H86O5. The van der Waals surface area contributed by atoms with Gasteiger partial charge in [-0.25, -0.2) is 0 Å². The lowest BCUT2D eigenvalue weighted by atomic mass is 10.1. The molecule has 0 heterocycles. The van der Waals surface area contributed by atoms with Gasteiger partial charge in [-0.05, 0) is 57.8 Å². The van der Waals surface area contributed by atoms with Crippen molar-refractivity contribution in [3.05, 3.63) is 36.5 Å². The third-order valence-electron chi connectivity index (χ3n) is 9.68. The first-order chi connectivity index (χ1) is 25.6. The molecule has 0 aliphatic heterocycles. The number of carbonyl (C=O) groups is 2. The topological polar surface area (TPSA) is 61.8 Å². The highest BCUT2D eigenvalue weighted by molar-refractivity contribution is 5.70. The highest BCUT2D eigenvalue weighted by Crippen LogP contribution is 2.14. The van der Waals surface area contributed by atoms with Gasteiger partial charge in [0.15, 0.2) is 6.10 Å². The SMILES string of the molecule is CCCCC/C=C\C/C=C\C/C=C\CCCCCCCCC(=O)OCC(COCCCCCCCC)OC(=O)CCCCCCCCCCCCC. The maximum Gasteiger partial charge on any atom is 0.306 e. The summed E-state index contributed by atoms with van der Waals surface area (Å²) in [6, 6.07) is 0. The quantitative estimate of drug-likeness (QED) is 0.0356. The molecule has 0 aliphatic carbocycles. The predicted molar refractivity (Wildman–Crippen MR) is 224 cm³/mol. The van der Waals surface area contributed by atoms with Crippen molar-refractivity contribution < 1.29 is 23.8 Å². The van der Waals surface area contributed by atoms with Gasteiger partial charge in [0.05, 0.1) is 6.61 Å². The van der Waals surface area contributed by atoms with Crippen LogP contribution in [-0.2, 0) is 23.8 Å². The molecule has 0 amide bonds. The Kier molecular flexibility index (Phi) is 42.0. The first kappa shape index (κ1) is 50.1. The molecule has 5 nitrogen and oxygen atoms in total. The van der Waals surface area contributed by atoms with Gasteiger partial charge in [0.25, 0.3) is 0 Å². The minimum Gasteiger partial charge on any atom is -0.462 e. The van der Waals surface area contributed by atoms with Gasteiger partial charge < -0.3 is 14.2 Å². The first-order valence-electron chi connectivity index (χ1n) is 22.5. The van der Waals surface area contributed by atoms with E-state index in [1.54, 1.807) is 0 Å². The second-order valence-corrected chi connectivity index (χ2v) is 15.0. The number of allylic oxidation sites excluding steroid dienone is 6. The van der Waals surface area contributed by atoms with E-state index in [9.17, 15) is 9.59 Å². The van der Waals surface area contributed by atoms with Crippen LogP contribution < -0.4 is 0 Å². The highest BCUT2D eigenvalue weighted by Gasteiger charge is 2.17. The molecule has 1 atom stereocenters. The maximum atomic E-state index is 12.6. The largest absolute Gasteiger partial charge is 0.462 e. The van der Waals surface area contributed by atoms with Crippen molar-refractivity contribution in [2.45, 2.75) is 232 Å². The van der Waals surface area contributed by atoms with Crippen molar-refractivity contribution in [3.63, 3.8) is 0 Å². The van der Waals surface area contributed by atoms with Crippen molar-refractivity contribution in [2.75, 3.05) is 19.8 Å². The summed E-state index contributed by atoms with van der Waals surface area (Å²) in [5.74, 6) is -0.409. The third-order valence-corrected chi connectivity index (χ3v) is 9.68. The number of hydrogen-bond acceptors (Lipinski definition) is 5. The number of esters is 2. The maximum absolute atomic E-state index is 12.6. The van der Waals surface area contributed by atoms with Crippen molar-refractivity contribution in [1.29, 1.82) is 0 Å². The number of carbonyl (C=O) groups excluding carboxylic acids is 2. The molecule has 5 heteroatoms. The minimum atomic E-state index is -0.531. The lowest BCUT2D eigenvalue weighted by molar-refractivity contribution is -0.163. The fourth-order valence-electron chi connectivity index (χ4n) is 6.28. The lowest BCUT2D eigenvalue weighted by Gasteiger charge is -2.18. The van der Waals surface area contributed by atoms with E-state index in [0.29, 0.717) is 19.4 Å². The van der Waals surface area contributed by atoms with Crippen LogP contribution in [0.2, 0.25) is 0 Å². The van der Waals surface area contributed by atoms with Gasteiger partial charge >= 0.3 is 11.9 Å². The summed E-state index contributed by atoms with van der Waals surface area (Å²) in [4.78, 5) is 25.1. The van der Waals surface area contributed by atoms with Crippen LogP contribution in [0.15, 0.2) is 36.5 Å². The number of unbranched alkanes of at least 4 members (excludes halogenated alkanes) is 24. The van der Waals surface area contributed by atoms with Gasteiger partial charge in [-0.2, -0.15) is 0 Å². The lowest BCUT2D eigenvalue weighted by Crippen LogP contribution is -2.30. The molecule has 0 N–H and O–H groups in total. The molecule has 304 valence electrons. The Morgan fingerprint density at radius 3 is 1.33 bits per heavy atom. The average molecular weight is 731 g/mol. The Hall–Kier alpha value is -1.88. The van der Waals surface area contributed by atoms with Gasteiger partial charge in [-0.3, -0.25) is 9.59 Å². The van der Waals surface area contributed by atoms with E-state index in [2.05, 4.69) is 57.2 Å². The molecule has 0 saturated carbocycles. The summed E-state index contributed by atoms with van der Waals surface area (Å²) in [6.45, 7) is 7.76. The van der Waals surface area contributed by atoms with Gasteiger partial charge in [-0.15, -0.1) is 0 Å². The smallest absolute Gasteiger partial charge is 0.306 e. The second-order valence-electron chi connectivity index (χ2n) is 15.0. The predicted octanol–water partition coefficient (Wildman–Crippen LogP) is 14.7. The Balaban J connectivity index is 4.09. The van der Waals surface area contributed by atoms with E-state index in [1.165, 1.54) is 128 Å². The Labute approximate surface area is 323 Å². The Morgan fingerprint density at radius 1 is 0.423 bits per heavy atom. The number of rotatable bonds is 41. The van der Waals surface area contributed by atoms with Crippen LogP contribution in [0.3, 0.4) is 0 Å². The zero-order valence-electron chi connectivity index (χ0n) is 34.8. The van der Waals surface area contributed by atoms with Crippen LogP contribution in [0.4, 0.5) is 0 Å². The molecule has 52 heavy (non-hydrogen) atoms. The zero-order valence-corrected chi connectivity index (χ0v) is 34.8. The molecule has 0 rings (SSSR count).